The molecule has 1 aromatic heterocycles. The molecule has 160 valence electrons. The second-order valence-corrected chi connectivity index (χ2v) is 7.75. The van der Waals surface area contributed by atoms with E-state index >= 15 is 0 Å². The molecule has 4 aromatic rings. The van der Waals surface area contributed by atoms with E-state index in [-0.39, 0.29) is 5.91 Å². The van der Waals surface area contributed by atoms with Gasteiger partial charge in [-0.25, -0.2) is 4.98 Å². The molecule has 0 fully saturated rings. The molecule has 0 aliphatic heterocycles. The van der Waals surface area contributed by atoms with E-state index in [9.17, 15) is 4.79 Å². The summed E-state index contributed by atoms with van der Waals surface area (Å²) in [5.41, 5.74) is 3.84. The van der Waals surface area contributed by atoms with Crippen molar-refractivity contribution in [3.63, 3.8) is 0 Å². The minimum atomic E-state index is -0.224. The number of carbonyl (C=O) groups excluding carboxylic acids is 1. The summed E-state index contributed by atoms with van der Waals surface area (Å²) < 4.78 is 10.8. The zero-order valence-electron chi connectivity index (χ0n) is 17.7. The van der Waals surface area contributed by atoms with Gasteiger partial charge >= 0.3 is 0 Å². The molecule has 1 amide bonds. The number of benzene rings is 3. The Balaban J connectivity index is 1.63. The van der Waals surface area contributed by atoms with E-state index < -0.39 is 0 Å². The molecular formula is C26H22N2O3S. The third kappa shape index (κ3) is 4.87. The van der Waals surface area contributed by atoms with E-state index in [1.54, 1.807) is 14.2 Å². The number of hydrogen-bond donors (Lipinski definition) is 1. The van der Waals surface area contributed by atoms with Crippen molar-refractivity contribution in [1.82, 2.24) is 4.98 Å². The Hall–Kier alpha value is -3.90. The average Bonchev–Trinajstić information content (AvgIpc) is 3.31. The number of amides is 1. The van der Waals surface area contributed by atoms with Gasteiger partial charge in [0, 0.05) is 16.5 Å². The predicted octanol–water partition coefficient (Wildman–Crippen LogP) is 6.01. The first-order chi connectivity index (χ1) is 15.7. The lowest BCUT2D eigenvalue weighted by molar-refractivity contribution is -0.111. The third-order valence-electron chi connectivity index (χ3n) is 4.85. The topological polar surface area (TPSA) is 60.5 Å². The molecule has 1 heterocycles. The Kier molecular flexibility index (Phi) is 6.63. The van der Waals surface area contributed by atoms with Crippen LogP contribution in [0.4, 0.5) is 5.13 Å². The summed E-state index contributed by atoms with van der Waals surface area (Å²) in [5.74, 6) is 1.16. The third-order valence-corrected chi connectivity index (χ3v) is 5.60. The lowest BCUT2D eigenvalue weighted by Crippen LogP contribution is -2.13. The number of anilines is 1. The summed E-state index contributed by atoms with van der Waals surface area (Å²) in [6.07, 6.45) is 1.88. The molecule has 5 nitrogen and oxygen atoms in total. The fraction of sp³-hybridized carbons (Fsp3) is 0.0769. The van der Waals surface area contributed by atoms with Crippen LogP contribution in [0.25, 0.3) is 22.9 Å². The second-order valence-electron chi connectivity index (χ2n) is 6.89. The number of methoxy groups -OCH3 is 2. The maximum atomic E-state index is 13.2. The summed E-state index contributed by atoms with van der Waals surface area (Å²) in [4.78, 5) is 17.8. The average molecular weight is 443 g/mol. The number of nitrogens with one attached hydrogen (secondary N) is 1. The highest BCUT2D eigenvalue weighted by Gasteiger charge is 2.16. The number of carbonyl (C=O) groups is 1. The highest BCUT2D eigenvalue weighted by molar-refractivity contribution is 7.14. The van der Waals surface area contributed by atoms with Gasteiger partial charge in [-0.2, -0.15) is 0 Å². The van der Waals surface area contributed by atoms with E-state index in [1.165, 1.54) is 11.3 Å². The van der Waals surface area contributed by atoms with Gasteiger partial charge in [0.2, 0.25) is 0 Å². The first kappa shape index (κ1) is 21.3. The summed E-state index contributed by atoms with van der Waals surface area (Å²) in [5, 5.41) is 5.33. The van der Waals surface area contributed by atoms with Crippen molar-refractivity contribution in [2.24, 2.45) is 0 Å². The highest BCUT2D eigenvalue weighted by atomic mass is 32.1. The van der Waals surface area contributed by atoms with Gasteiger partial charge in [0.05, 0.1) is 19.9 Å². The Morgan fingerprint density at radius 3 is 2.34 bits per heavy atom. The van der Waals surface area contributed by atoms with Gasteiger partial charge in [-0.15, -0.1) is 11.3 Å². The van der Waals surface area contributed by atoms with E-state index in [4.69, 9.17) is 9.47 Å². The second kappa shape index (κ2) is 9.94. The molecule has 0 atom stereocenters. The fourth-order valence-electron chi connectivity index (χ4n) is 3.25. The molecule has 0 spiro atoms. The van der Waals surface area contributed by atoms with Gasteiger partial charge in [-0.3, -0.25) is 10.1 Å². The van der Waals surface area contributed by atoms with Gasteiger partial charge in [0.25, 0.3) is 5.91 Å². The lowest BCUT2D eigenvalue weighted by Gasteiger charge is -2.09. The van der Waals surface area contributed by atoms with Crippen LogP contribution in [-0.2, 0) is 4.79 Å². The van der Waals surface area contributed by atoms with Gasteiger partial charge in [-0.05, 0) is 35.4 Å². The number of hydrogen-bond acceptors (Lipinski definition) is 5. The largest absolute Gasteiger partial charge is 0.497 e. The minimum absolute atomic E-state index is 0.224. The molecule has 3 aromatic carbocycles. The van der Waals surface area contributed by atoms with Crippen molar-refractivity contribution >= 4 is 34.0 Å². The van der Waals surface area contributed by atoms with Crippen molar-refractivity contribution in [2.75, 3.05) is 19.5 Å². The van der Waals surface area contributed by atoms with Crippen LogP contribution in [0.2, 0.25) is 0 Å². The quantitative estimate of drug-likeness (QED) is 0.281. The maximum absolute atomic E-state index is 13.2. The molecule has 0 saturated heterocycles. The molecule has 0 unspecified atom stereocenters. The SMILES string of the molecule is COc1ccc(OC)c(-c2csc(NC(=O)/C(=C\c3ccccc3)c3ccccc3)n2)c1. The van der Waals surface area contributed by atoms with Crippen molar-refractivity contribution in [3.05, 3.63) is 95.4 Å². The number of aromatic nitrogens is 1. The zero-order valence-corrected chi connectivity index (χ0v) is 18.6. The normalized spacial score (nSPS) is 11.1. The molecule has 4 rings (SSSR count). The maximum Gasteiger partial charge on any atom is 0.258 e. The van der Waals surface area contributed by atoms with E-state index in [1.807, 2.05) is 90.3 Å². The minimum Gasteiger partial charge on any atom is -0.497 e. The monoisotopic (exact) mass is 442 g/mol. The molecule has 0 saturated carbocycles. The van der Waals surface area contributed by atoms with Crippen LogP contribution >= 0.6 is 11.3 Å². The summed E-state index contributed by atoms with van der Waals surface area (Å²) in [7, 11) is 3.23. The first-order valence-corrected chi connectivity index (χ1v) is 10.9. The van der Waals surface area contributed by atoms with Crippen molar-refractivity contribution in [3.8, 4) is 22.8 Å². The van der Waals surface area contributed by atoms with Crippen LogP contribution in [0, 0.1) is 0 Å². The van der Waals surface area contributed by atoms with Crippen molar-refractivity contribution in [1.29, 1.82) is 0 Å². The van der Waals surface area contributed by atoms with Crippen molar-refractivity contribution in [2.45, 2.75) is 0 Å². The lowest BCUT2D eigenvalue weighted by atomic mass is 10.0. The van der Waals surface area contributed by atoms with E-state index in [0.29, 0.717) is 27.9 Å². The summed E-state index contributed by atoms with van der Waals surface area (Å²) in [6.45, 7) is 0. The first-order valence-electron chi connectivity index (χ1n) is 9.99. The number of nitrogens with zero attached hydrogens (tertiary/aromatic N) is 1. The standard InChI is InChI=1S/C26H22N2O3S/c1-30-20-13-14-24(31-2)22(16-20)23-17-32-26(27-23)28-25(29)21(19-11-7-4-8-12-19)15-18-9-5-3-6-10-18/h3-17H,1-2H3,(H,27,28,29)/b21-15-. The van der Waals surface area contributed by atoms with Gasteiger partial charge in [0.1, 0.15) is 11.5 Å². The summed E-state index contributed by atoms with van der Waals surface area (Å²) >= 11 is 1.36. The number of thiazole rings is 1. The smallest absolute Gasteiger partial charge is 0.258 e. The molecule has 0 aliphatic rings. The Morgan fingerprint density at radius 2 is 1.66 bits per heavy atom. The van der Waals surface area contributed by atoms with Crippen molar-refractivity contribution < 1.29 is 14.3 Å². The highest BCUT2D eigenvalue weighted by Crippen LogP contribution is 2.35. The van der Waals surface area contributed by atoms with E-state index in [0.717, 1.165) is 16.7 Å². The fourth-order valence-corrected chi connectivity index (χ4v) is 3.95. The van der Waals surface area contributed by atoms with Crippen LogP contribution in [0.5, 0.6) is 11.5 Å². The zero-order chi connectivity index (χ0) is 22.3. The summed E-state index contributed by atoms with van der Waals surface area (Å²) in [6, 6.07) is 24.9. The Bertz CT molecular complexity index is 1230. The molecule has 6 heteroatoms. The van der Waals surface area contributed by atoms with Crippen LogP contribution in [0.15, 0.2) is 84.2 Å². The Morgan fingerprint density at radius 1 is 0.938 bits per heavy atom. The van der Waals surface area contributed by atoms with Crippen LogP contribution in [0.1, 0.15) is 11.1 Å². The molecular weight excluding hydrogens is 420 g/mol. The van der Waals surface area contributed by atoms with Gasteiger partial charge < -0.3 is 9.47 Å². The Labute approximate surface area is 191 Å². The van der Waals surface area contributed by atoms with Crippen LogP contribution in [0.3, 0.4) is 0 Å². The molecule has 1 N–H and O–H groups in total. The van der Waals surface area contributed by atoms with Gasteiger partial charge in [0.15, 0.2) is 5.13 Å². The van der Waals surface area contributed by atoms with Crippen LogP contribution < -0.4 is 14.8 Å². The van der Waals surface area contributed by atoms with Crippen LogP contribution in [-0.4, -0.2) is 25.1 Å². The molecule has 0 bridgehead atoms. The number of rotatable bonds is 7. The van der Waals surface area contributed by atoms with Gasteiger partial charge in [-0.1, -0.05) is 60.7 Å². The van der Waals surface area contributed by atoms with E-state index in [2.05, 4.69) is 10.3 Å². The predicted molar refractivity (Wildman–Crippen MR) is 130 cm³/mol. The number of ether oxygens (including phenoxy) is 2. The molecule has 32 heavy (non-hydrogen) atoms. The molecule has 0 aliphatic carbocycles. The molecule has 0 radical (unpaired) electrons.